The van der Waals surface area contributed by atoms with Gasteiger partial charge in [0.05, 0.1) is 28.9 Å². The molecule has 0 spiro atoms. The molecule has 2 aromatic carbocycles. The first-order chi connectivity index (χ1) is 24.1. The van der Waals surface area contributed by atoms with Crippen LogP contribution in [0.5, 0.6) is 11.5 Å². The van der Waals surface area contributed by atoms with Crippen molar-refractivity contribution in [1.82, 2.24) is 0 Å². The predicted molar refractivity (Wildman–Crippen MR) is 188 cm³/mol. The molecule has 276 valence electrons. The molecule has 2 saturated heterocycles. The summed E-state index contributed by atoms with van der Waals surface area (Å²) in [6.07, 6.45) is -1.56. The molecule has 6 atom stereocenters. The summed E-state index contributed by atoms with van der Waals surface area (Å²) in [5.41, 5.74) is -8.45. The highest BCUT2D eigenvalue weighted by atomic mass is 79.9. The van der Waals surface area contributed by atoms with Gasteiger partial charge in [-0.05, 0) is 71.6 Å². The number of carbonyl (C=O) groups is 4. The quantitative estimate of drug-likeness (QED) is 0.155. The first-order valence-electron chi connectivity index (χ1n) is 17.5. The van der Waals surface area contributed by atoms with Gasteiger partial charge in [-0.1, -0.05) is 43.6 Å². The molecule has 0 radical (unpaired) electrons. The second-order valence-corrected chi connectivity index (χ2v) is 17.9. The van der Waals surface area contributed by atoms with Crippen LogP contribution in [0.2, 0.25) is 0 Å². The fraction of sp³-hybridized carbons (Fsp3) is 0.564. The van der Waals surface area contributed by atoms with E-state index in [2.05, 4.69) is 15.9 Å². The Morgan fingerprint density at radius 2 is 1.33 bits per heavy atom. The molecule has 4 heterocycles. The third-order valence-electron chi connectivity index (χ3n) is 14.0. The molecular formula is C39H41BrO12. The zero-order valence-electron chi connectivity index (χ0n) is 30.6. The van der Waals surface area contributed by atoms with Gasteiger partial charge in [0.15, 0.2) is 17.8 Å². The van der Waals surface area contributed by atoms with Gasteiger partial charge in [0.1, 0.15) is 28.1 Å². The lowest BCUT2D eigenvalue weighted by molar-refractivity contribution is -0.217. The number of hydrogen-bond donors (Lipinski definition) is 0. The average Bonchev–Trinajstić information content (AvgIpc) is 3.53. The second kappa shape index (κ2) is 10.3. The van der Waals surface area contributed by atoms with Crippen molar-refractivity contribution in [2.45, 2.75) is 110 Å². The molecule has 1 aromatic heterocycles. The Kier molecular flexibility index (Phi) is 6.92. The molecule has 0 N–H and O–H groups in total. The summed E-state index contributed by atoms with van der Waals surface area (Å²) in [6.45, 7) is 14.2. The van der Waals surface area contributed by atoms with Gasteiger partial charge in [-0.2, -0.15) is 0 Å². The molecule has 13 heteroatoms. The van der Waals surface area contributed by atoms with Crippen molar-refractivity contribution in [3.8, 4) is 11.5 Å². The average molecular weight is 782 g/mol. The number of methoxy groups -OCH3 is 1. The zero-order valence-corrected chi connectivity index (χ0v) is 32.2. The maximum atomic E-state index is 14.7. The van der Waals surface area contributed by atoms with Crippen molar-refractivity contribution in [3.63, 3.8) is 0 Å². The molecule has 5 aliphatic rings. The standard InChI is InChI=1S/C39H41BrO12/c1-33(2)28(49-32(45)39-15-13-37(8,30(43)52-39)35(39,5)6)27(48-31(44)38-14-12-36(7,29(42)51-38)34(38,3)4)24-22(50-33)17-21(46-9)23-25(41)19-16-18(40)10-11-20(19)47-26(23)24/h10-11,16-17,27-28H,12-15H2,1-9H3/t27-,28-,36?,37?,38?,39?/m1/s1. The summed E-state index contributed by atoms with van der Waals surface area (Å²) in [6, 6.07) is 6.50. The Balaban J connectivity index is 1.33. The summed E-state index contributed by atoms with van der Waals surface area (Å²) in [4.78, 5) is 69.8. The molecular weight excluding hydrogens is 740 g/mol. The molecule has 4 fully saturated rings. The van der Waals surface area contributed by atoms with E-state index in [-0.39, 0.29) is 51.8 Å². The van der Waals surface area contributed by atoms with Gasteiger partial charge in [0, 0.05) is 21.4 Å². The van der Waals surface area contributed by atoms with Crippen LogP contribution in [0.25, 0.3) is 21.9 Å². The predicted octanol–water partition coefficient (Wildman–Crippen LogP) is 6.63. The Labute approximate surface area is 307 Å². The lowest BCUT2D eigenvalue weighted by Gasteiger charge is -2.46. The highest BCUT2D eigenvalue weighted by Crippen LogP contribution is 2.68. The van der Waals surface area contributed by atoms with Gasteiger partial charge in [-0.15, -0.1) is 0 Å². The van der Waals surface area contributed by atoms with E-state index in [4.69, 9.17) is 32.8 Å². The van der Waals surface area contributed by atoms with Crippen LogP contribution in [-0.2, 0) is 38.1 Å². The lowest BCUT2D eigenvalue weighted by atomic mass is 9.66. The smallest absolute Gasteiger partial charge is 0.351 e. The molecule has 3 aromatic rings. The van der Waals surface area contributed by atoms with Crippen molar-refractivity contribution >= 4 is 61.7 Å². The van der Waals surface area contributed by atoms with Crippen LogP contribution >= 0.6 is 15.9 Å². The van der Waals surface area contributed by atoms with E-state index in [0.717, 1.165) is 0 Å². The van der Waals surface area contributed by atoms with E-state index >= 15 is 0 Å². The first kappa shape index (κ1) is 34.9. The molecule has 0 amide bonds. The minimum absolute atomic E-state index is 0.000752. The van der Waals surface area contributed by atoms with E-state index in [1.54, 1.807) is 45.9 Å². The molecule has 12 nitrogen and oxygen atoms in total. The van der Waals surface area contributed by atoms with Crippen molar-refractivity contribution in [3.05, 3.63) is 44.5 Å². The zero-order chi connectivity index (χ0) is 37.8. The van der Waals surface area contributed by atoms with Crippen molar-refractivity contribution < 1.29 is 52.0 Å². The number of rotatable bonds is 5. The van der Waals surface area contributed by atoms with Crippen LogP contribution in [-0.4, -0.2) is 53.9 Å². The number of halogens is 1. The minimum Gasteiger partial charge on any atom is -0.496 e. The lowest BCUT2D eigenvalue weighted by Crippen LogP contribution is -2.57. The van der Waals surface area contributed by atoms with Gasteiger partial charge < -0.3 is 32.8 Å². The minimum atomic E-state index is -1.65. The summed E-state index contributed by atoms with van der Waals surface area (Å²) in [5, 5.41) is 0.322. The Morgan fingerprint density at radius 1 is 0.769 bits per heavy atom. The normalized spacial score (nSPS) is 34.4. The number of benzene rings is 2. The van der Waals surface area contributed by atoms with E-state index in [0.29, 0.717) is 17.3 Å². The van der Waals surface area contributed by atoms with Crippen LogP contribution in [0.4, 0.5) is 0 Å². The highest BCUT2D eigenvalue weighted by molar-refractivity contribution is 9.10. The molecule has 2 aliphatic carbocycles. The monoisotopic (exact) mass is 780 g/mol. The number of hydrogen-bond acceptors (Lipinski definition) is 12. The first-order valence-corrected chi connectivity index (χ1v) is 18.3. The Morgan fingerprint density at radius 3 is 1.83 bits per heavy atom. The van der Waals surface area contributed by atoms with Crippen molar-refractivity contribution in [1.29, 1.82) is 0 Å². The molecule has 4 unspecified atom stereocenters. The van der Waals surface area contributed by atoms with Crippen LogP contribution in [0.3, 0.4) is 0 Å². The molecule has 8 rings (SSSR count). The van der Waals surface area contributed by atoms with Gasteiger partial charge >= 0.3 is 23.9 Å². The number of fused-ring (bicyclic) bond motifs is 8. The van der Waals surface area contributed by atoms with Gasteiger partial charge in [-0.3, -0.25) is 14.4 Å². The maximum absolute atomic E-state index is 14.7. The Hall–Kier alpha value is -4.13. The van der Waals surface area contributed by atoms with E-state index < -0.39 is 80.0 Å². The summed E-state index contributed by atoms with van der Waals surface area (Å²) in [7, 11) is 1.41. The van der Waals surface area contributed by atoms with Crippen LogP contribution in [0, 0.1) is 21.7 Å². The van der Waals surface area contributed by atoms with Crippen LogP contribution < -0.4 is 14.9 Å². The fourth-order valence-corrected chi connectivity index (χ4v) is 9.85. The number of ether oxygens (including phenoxy) is 6. The van der Waals surface area contributed by atoms with Crippen molar-refractivity contribution in [2.24, 2.45) is 21.7 Å². The molecule has 4 bridgehead atoms. The highest BCUT2D eigenvalue weighted by Gasteiger charge is 2.78. The van der Waals surface area contributed by atoms with Crippen LogP contribution in [0.1, 0.15) is 92.7 Å². The third kappa shape index (κ3) is 3.90. The van der Waals surface area contributed by atoms with Gasteiger partial charge in [0.2, 0.25) is 16.6 Å². The van der Waals surface area contributed by atoms with Crippen molar-refractivity contribution in [2.75, 3.05) is 7.11 Å². The third-order valence-corrected chi connectivity index (χ3v) is 14.5. The fourth-order valence-electron chi connectivity index (χ4n) is 9.48. The molecule has 52 heavy (non-hydrogen) atoms. The second-order valence-electron chi connectivity index (χ2n) is 17.0. The number of esters is 4. The van der Waals surface area contributed by atoms with E-state index in [9.17, 15) is 24.0 Å². The number of carbonyl (C=O) groups excluding carboxylic acids is 4. The largest absolute Gasteiger partial charge is 0.496 e. The van der Waals surface area contributed by atoms with Gasteiger partial charge in [-0.25, -0.2) is 9.59 Å². The summed E-state index contributed by atoms with van der Waals surface area (Å²) >= 11 is 3.42. The summed E-state index contributed by atoms with van der Waals surface area (Å²) < 4.78 is 44.0. The molecule has 3 aliphatic heterocycles. The SMILES string of the molecule is COc1cc2c(c3oc4ccc(Br)cc4c(=O)c13)[C@@H](OC(=O)C13CCC(C)(C(=O)O1)C3(C)C)[C@@H](OC(=O)C13CCC(C)(C(=O)O1)C3(C)C)C(C)(C)O2. The van der Waals surface area contributed by atoms with Crippen LogP contribution in [0.15, 0.2) is 37.9 Å². The van der Waals surface area contributed by atoms with E-state index in [1.807, 2.05) is 27.7 Å². The topological polar surface area (TPSA) is 154 Å². The summed E-state index contributed by atoms with van der Waals surface area (Å²) in [5.74, 6) is -2.32. The maximum Gasteiger partial charge on any atom is 0.351 e. The molecule has 2 saturated carbocycles. The van der Waals surface area contributed by atoms with E-state index in [1.165, 1.54) is 13.2 Å². The Bertz CT molecular complexity index is 2240. The van der Waals surface area contributed by atoms with Gasteiger partial charge in [0.25, 0.3) is 0 Å².